The number of aromatic nitrogens is 4. The molecule has 0 saturated heterocycles. The SMILES string of the molecule is C=C/N=C1/SC=C(c2ccccc2C)/C1=C(/N)Sc1nnnn1C. The van der Waals surface area contributed by atoms with Crippen LogP contribution in [-0.2, 0) is 7.05 Å². The number of tetrazole rings is 1. The molecule has 0 radical (unpaired) electrons. The predicted molar refractivity (Wildman–Crippen MR) is 100 cm³/mol. The lowest BCUT2D eigenvalue weighted by atomic mass is 9.97. The number of aryl methyl sites for hydroxylation is 2. The summed E-state index contributed by atoms with van der Waals surface area (Å²) >= 11 is 2.86. The fourth-order valence-electron chi connectivity index (χ4n) is 2.29. The second-order valence-corrected chi connectivity index (χ2v) is 6.87. The fraction of sp³-hybridized carbons (Fsp3) is 0.125. The highest BCUT2D eigenvalue weighted by molar-refractivity contribution is 8.17. The van der Waals surface area contributed by atoms with Gasteiger partial charge in [-0.2, -0.15) is 0 Å². The molecule has 3 rings (SSSR count). The second kappa shape index (κ2) is 7.06. The Kier molecular flexibility index (Phi) is 4.86. The van der Waals surface area contributed by atoms with Crippen molar-refractivity contribution in [2.45, 2.75) is 12.1 Å². The number of aliphatic imine (C=N–C) groups is 1. The third kappa shape index (κ3) is 3.15. The molecule has 2 N–H and O–H groups in total. The maximum atomic E-state index is 6.40. The van der Waals surface area contributed by atoms with Gasteiger partial charge in [0.15, 0.2) is 0 Å². The van der Waals surface area contributed by atoms with Crippen molar-refractivity contribution in [3.05, 3.63) is 64.2 Å². The Hall–Kier alpha value is -2.32. The maximum Gasteiger partial charge on any atom is 0.215 e. The van der Waals surface area contributed by atoms with Crippen LogP contribution in [0, 0.1) is 6.92 Å². The minimum Gasteiger partial charge on any atom is -0.393 e. The molecular formula is C16H16N6S2. The molecular weight excluding hydrogens is 340 g/mol. The molecule has 0 spiro atoms. The number of thioether (sulfide) groups is 2. The minimum atomic E-state index is 0.605. The Bertz CT molecular complexity index is 878. The van der Waals surface area contributed by atoms with Crippen LogP contribution in [0.15, 0.2) is 63.2 Å². The van der Waals surface area contributed by atoms with Gasteiger partial charge in [0, 0.05) is 24.4 Å². The normalized spacial score (nSPS) is 17.9. The summed E-state index contributed by atoms with van der Waals surface area (Å²) in [6, 6.07) is 8.20. The molecule has 0 atom stereocenters. The number of rotatable bonds is 4. The van der Waals surface area contributed by atoms with Gasteiger partial charge in [-0.3, -0.25) is 0 Å². The molecule has 0 saturated carbocycles. The van der Waals surface area contributed by atoms with Gasteiger partial charge in [0.25, 0.3) is 0 Å². The highest BCUT2D eigenvalue weighted by Gasteiger charge is 2.25. The van der Waals surface area contributed by atoms with Crippen molar-refractivity contribution in [1.82, 2.24) is 20.2 Å². The van der Waals surface area contributed by atoms with E-state index < -0.39 is 0 Å². The summed E-state index contributed by atoms with van der Waals surface area (Å²) in [6.45, 7) is 5.77. The zero-order chi connectivity index (χ0) is 17.1. The van der Waals surface area contributed by atoms with E-state index in [1.54, 1.807) is 11.7 Å². The fourth-order valence-corrected chi connectivity index (χ4v) is 4.06. The first kappa shape index (κ1) is 16.5. The molecule has 0 fully saturated rings. The minimum absolute atomic E-state index is 0.605. The molecule has 6 nitrogen and oxygen atoms in total. The smallest absolute Gasteiger partial charge is 0.215 e. The Morgan fingerprint density at radius 1 is 1.42 bits per heavy atom. The van der Waals surface area contributed by atoms with Gasteiger partial charge in [0.05, 0.1) is 5.03 Å². The van der Waals surface area contributed by atoms with E-state index in [2.05, 4.69) is 51.6 Å². The lowest BCUT2D eigenvalue weighted by Gasteiger charge is -2.12. The number of allylic oxidation sites excluding steroid dienone is 1. The van der Waals surface area contributed by atoms with Crippen LogP contribution in [0.3, 0.4) is 0 Å². The van der Waals surface area contributed by atoms with E-state index in [1.807, 2.05) is 12.1 Å². The number of nitrogens with two attached hydrogens (primary N) is 1. The van der Waals surface area contributed by atoms with Crippen LogP contribution >= 0.6 is 23.5 Å². The van der Waals surface area contributed by atoms with Crippen LogP contribution in [0.1, 0.15) is 11.1 Å². The zero-order valence-electron chi connectivity index (χ0n) is 13.3. The van der Waals surface area contributed by atoms with Gasteiger partial charge in [-0.05, 0) is 45.6 Å². The molecule has 122 valence electrons. The van der Waals surface area contributed by atoms with Gasteiger partial charge in [-0.15, -0.1) is 5.10 Å². The van der Waals surface area contributed by atoms with Crippen molar-refractivity contribution in [3.63, 3.8) is 0 Å². The largest absolute Gasteiger partial charge is 0.393 e. The van der Waals surface area contributed by atoms with E-state index in [0.29, 0.717) is 10.2 Å². The quantitative estimate of drug-likeness (QED) is 0.848. The first-order valence-corrected chi connectivity index (χ1v) is 8.83. The third-order valence-electron chi connectivity index (χ3n) is 3.44. The molecule has 24 heavy (non-hydrogen) atoms. The van der Waals surface area contributed by atoms with Crippen molar-refractivity contribution < 1.29 is 0 Å². The van der Waals surface area contributed by atoms with E-state index >= 15 is 0 Å². The van der Waals surface area contributed by atoms with Crippen LogP contribution in [0.4, 0.5) is 0 Å². The van der Waals surface area contributed by atoms with Gasteiger partial charge in [-0.25, -0.2) is 9.67 Å². The predicted octanol–water partition coefficient (Wildman–Crippen LogP) is 3.11. The van der Waals surface area contributed by atoms with E-state index in [-0.39, 0.29) is 0 Å². The zero-order valence-corrected chi connectivity index (χ0v) is 14.9. The topological polar surface area (TPSA) is 82.0 Å². The Balaban J connectivity index is 2.08. The molecule has 8 heteroatoms. The van der Waals surface area contributed by atoms with Crippen molar-refractivity contribution in [1.29, 1.82) is 0 Å². The molecule has 0 unspecified atom stereocenters. The van der Waals surface area contributed by atoms with Gasteiger partial charge in [0.2, 0.25) is 5.16 Å². The van der Waals surface area contributed by atoms with Crippen molar-refractivity contribution >= 4 is 34.1 Å². The highest BCUT2D eigenvalue weighted by atomic mass is 32.2. The average molecular weight is 356 g/mol. The molecule has 1 aromatic carbocycles. The second-order valence-electron chi connectivity index (χ2n) is 5.01. The van der Waals surface area contributed by atoms with Crippen LogP contribution in [0.2, 0.25) is 0 Å². The van der Waals surface area contributed by atoms with Crippen molar-refractivity contribution in [2.24, 2.45) is 17.8 Å². The van der Waals surface area contributed by atoms with Gasteiger partial charge >= 0.3 is 0 Å². The first-order valence-electron chi connectivity index (χ1n) is 7.14. The molecule has 2 heterocycles. The van der Waals surface area contributed by atoms with Gasteiger partial charge in [-0.1, -0.05) is 42.6 Å². The molecule has 1 aliphatic heterocycles. The third-order valence-corrected chi connectivity index (χ3v) is 5.28. The monoisotopic (exact) mass is 356 g/mol. The number of nitrogens with zero attached hydrogens (tertiary/aromatic N) is 5. The summed E-state index contributed by atoms with van der Waals surface area (Å²) in [5.74, 6) is 0. The van der Waals surface area contributed by atoms with E-state index in [9.17, 15) is 0 Å². The summed E-state index contributed by atoms with van der Waals surface area (Å²) in [5, 5.41) is 15.6. The lowest BCUT2D eigenvalue weighted by Crippen LogP contribution is -2.07. The Morgan fingerprint density at radius 2 is 2.21 bits per heavy atom. The summed E-state index contributed by atoms with van der Waals surface area (Å²) in [7, 11) is 1.78. The number of hydrogen-bond donors (Lipinski definition) is 1. The van der Waals surface area contributed by atoms with Gasteiger partial charge < -0.3 is 5.73 Å². The first-order chi connectivity index (χ1) is 11.6. The van der Waals surface area contributed by atoms with Crippen LogP contribution < -0.4 is 5.73 Å². The highest BCUT2D eigenvalue weighted by Crippen LogP contribution is 2.42. The molecule has 0 bridgehead atoms. The Morgan fingerprint density at radius 3 is 2.88 bits per heavy atom. The standard InChI is InChI=1S/C16H16N6S2/c1-4-18-15-13(14(17)24-16-19-20-21-22(16)3)12(9-23-15)11-8-6-5-7-10(11)2/h4-9H,1,17H2,2-3H3/b14-13+,18-15+. The van der Waals surface area contributed by atoms with Gasteiger partial charge in [0.1, 0.15) is 5.04 Å². The summed E-state index contributed by atoms with van der Waals surface area (Å²) in [5.41, 5.74) is 10.7. The summed E-state index contributed by atoms with van der Waals surface area (Å²) in [6.07, 6.45) is 1.53. The average Bonchev–Trinajstić information content (AvgIpc) is 3.15. The van der Waals surface area contributed by atoms with Crippen molar-refractivity contribution in [3.8, 4) is 0 Å². The summed E-state index contributed by atoms with van der Waals surface area (Å²) < 4.78 is 1.58. The maximum absolute atomic E-state index is 6.40. The molecule has 0 aliphatic carbocycles. The molecule has 1 aromatic heterocycles. The van der Waals surface area contributed by atoms with E-state index in [4.69, 9.17) is 5.73 Å². The molecule has 0 amide bonds. The summed E-state index contributed by atoms with van der Waals surface area (Å²) in [4.78, 5) is 4.37. The Labute approximate surface area is 148 Å². The lowest BCUT2D eigenvalue weighted by molar-refractivity contribution is 0.665. The van der Waals surface area contributed by atoms with E-state index in [0.717, 1.165) is 21.8 Å². The van der Waals surface area contributed by atoms with Crippen LogP contribution in [0.5, 0.6) is 0 Å². The molecule has 1 aliphatic rings. The van der Waals surface area contributed by atoms with Crippen LogP contribution in [-0.4, -0.2) is 25.3 Å². The van der Waals surface area contributed by atoms with E-state index in [1.165, 1.54) is 35.3 Å². The number of benzene rings is 1. The molecule has 2 aromatic rings. The van der Waals surface area contributed by atoms with Crippen molar-refractivity contribution in [2.75, 3.05) is 0 Å². The number of hydrogen-bond acceptors (Lipinski definition) is 7. The van der Waals surface area contributed by atoms with Crippen LogP contribution in [0.25, 0.3) is 5.57 Å².